The molecule has 92 valence electrons. The largest absolute Gasteiger partial charge is 0.381 e. The molecule has 0 fully saturated rings. The third kappa shape index (κ3) is 1.79. The second kappa shape index (κ2) is 4.26. The van der Waals surface area contributed by atoms with Crippen molar-refractivity contribution in [1.29, 1.82) is 5.26 Å². The van der Waals surface area contributed by atoms with Gasteiger partial charge in [-0.15, -0.1) is 0 Å². The molecule has 0 unspecified atom stereocenters. The Kier molecular flexibility index (Phi) is 2.58. The van der Waals surface area contributed by atoms with Crippen LogP contribution >= 0.6 is 11.6 Å². The SMILES string of the molecule is N#Cc1ccc(-c2nc(N)c3nccn3c2Cl)cc1. The van der Waals surface area contributed by atoms with Crippen molar-refractivity contribution in [2.45, 2.75) is 0 Å². The van der Waals surface area contributed by atoms with Gasteiger partial charge in [0.25, 0.3) is 0 Å². The molecule has 0 aliphatic carbocycles. The molecule has 0 aliphatic heterocycles. The average molecular weight is 270 g/mol. The number of aromatic nitrogens is 3. The highest BCUT2D eigenvalue weighted by molar-refractivity contribution is 6.32. The molecular formula is C13H8ClN5. The zero-order valence-electron chi connectivity index (χ0n) is 9.71. The van der Waals surface area contributed by atoms with Gasteiger partial charge in [0.1, 0.15) is 10.8 Å². The standard InChI is InChI=1S/C13H8ClN5/c14-11-10(9-3-1-8(7-15)2-4-9)18-12(16)13-17-5-6-19(11)13/h1-6H,(H2,16,18). The van der Waals surface area contributed by atoms with Gasteiger partial charge in [-0.3, -0.25) is 4.40 Å². The fraction of sp³-hybridized carbons (Fsp3) is 0. The molecule has 0 bridgehead atoms. The Morgan fingerprint density at radius 3 is 2.68 bits per heavy atom. The summed E-state index contributed by atoms with van der Waals surface area (Å²) in [6, 6.07) is 9.06. The van der Waals surface area contributed by atoms with E-state index in [4.69, 9.17) is 22.6 Å². The van der Waals surface area contributed by atoms with Crippen molar-refractivity contribution in [2.75, 3.05) is 5.73 Å². The lowest BCUT2D eigenvalue weighted by Gasteiger charge is -2.08. The predicted molar refractivity (Wildman–Crippen MR) is 72.6 cm³/mol. The van der Waals surface area contributed by atoms with E-state index in [2.05, 4.69) is 16.0 Å². The normalized spacial score (nSPS) is 10.5. The summed E-state index contributed by atoms with van der Waals surface area (Å²) in [6.45, 7) is 0. The van der Waals surface area contributed by atoms with E-state index in [1.54, 1.807) is 41.1 Å². The Bertz CT molecular complexity index is 798. The first-order valence-electron chi connectivity index (χ1n) is 5.49. The summed E-state index contributed by atoms with van der Waals surface area (Å²) in [4.78, 5) is 8.37. The summed E-state index contributed by atoms with van der Waals surface area (Å²) in [5.74, 6) is 0.314. The quantitative estimate of drug-likeness (QED) is 0.736. The van der Waals surface area contributed by atoms with Gasteiger partial charge in [0.2, 0.25) is 0 Å². The van der Waals surface area contributed by atoms with Crippen LogP contribution in [-0.2, 0) is 0 Å². The second-order valence-electron chi connectivity index (χ2n) is 3.95. The van der Waals surface area contributed by atoms with Gasteiger partial charge < -0.3 is 5.73 Å². The third-order valence-electron chi connectivity index (χ3n) is 2.80. The Morgan fingerprint density at radius 1 is 1.26 bits per heavy atom. The topological polar surface area (TPSA) is 80.0 Å². The van der Waals surface area contributed by atoms with Crippen molar-refractivity contribution in [3.63, 3.8) is 0 Å². The third-order valence-corrected chi connectivity index (χ3v) is 3.16. The van der Waals surface area contributed by atoms with Gasteiger partial charge in [-0.25, -0.2) is 9.97 Å². The van der Waals surface area contributed by atoms with Crippen molar-refractivity contribution in [3.05, 3.63) is 47.4 Å². The number of nitrogen functional groups attached to an aromatic ring is 1. The zero-order chi connectivity index (χ0) is 13.4. The van der Waals surface area contributed by atoms with Crippen LogP contribution in [-0.4, -0.2) is 14.4 Å². The number of anilines is 1. The highest BCUT2D eigenvalue weighted by atomic mass is 35.5. The van der Waals surface area contributed by atoms with Crippen LogP contribution in [0.5, 0.6) is 0 Å². The Morgan fingerprint density at radius 2 is 2.00 bits per heavy atom. The first-order valence-corrected chi connectivity index (χ1v) is 5.87. The first kappa shape index (κ1) is 11.5. The minimum absolute atomic E-state index is 0.314. The number of benzene rings is 1. The average Bonchev–Trinajstić information content (AvgIpc) is 2.93. The maximum atomic E-state index is 8.79. The van der Waals surface area contributed by atoms with E-state index < -0.39 is 0 Å². The summed E-state index contributed by atoms with van der Waals surface area (Å²) in [5.41, 5.74) is 8.33. The fourth-order valence-electron chi connectivity index (χ4n) is 1.87. The van der Waals surface area contributed by atoms with Gasteiger partial charge in [-0.05, 0) is 12.1 Å². The van der Waals surface area contributed by atoms with Crippen LogP contribution in [0.4, 0.5) is 5.82 Å². The molecule has 3 aromatic rings. The van der Waals surface area contributed by atoms with E-state index >= 15 is 0 Å². The van der Waals surface area contributed by atoms with E-state index in [0.29, 0.717) is 27.9 Å². The molecule has 3 rings (SSSR count). The number of halogens is 1. The molecule has 1 aromatic carbocycles. The van der Waals surface area contributed by atoms with E-state index in [1.165, 1.54) is 0 Å². The van der Waals surface area contributed by atoms with Crippen LogP contribution in [0.25, 0.3) is 16.9 Å². The lowest BCUT2D eigenvalue weighted by molar-refractivity contribution is 1.14. The van der Waals surface area contributed by atoms with Crippen LogP contribution in [0, 0.1) is 11.3 Å². The van der Waals surface area contributed by atoms with Crippen molar-refractivity contribution < 1.29 is 0 Å². The molecular weight excluding hydrogens is 262 g/mol. The molecule has 2 heterocycles. The van der Waals surface area contributed by atoms with Crippen LogP contribution in [0.2, 0.25) is 5.15 Å². The number of fused-ring (bicyclic) bond motifs is 1. The van der Waals surface area contributed by atoms with Crippen molar-refractivity contribution >= 4 is 23.1 Å². The molecule has 0 aliphatic rings. The smallest absolute Gasteiger partial charge is 0.181 e. The summed E-state index contributed by atoms with van der Waals surface area (Å²) >= 11 is 6.30. The van der Waals surface area contributed by atoms with E-state index in [1.807, 2.05) is 0 Å². The van der Waals surface area contributed by atoms with Gasteiger partial charge in [0, 0.05) is 18.0 Å². The molecule has 5 nitrogen and oxygen atoms in total. The van der Waals surface area contributed by atoms with E-state index in [-0.39, 0.29) is 0 Å². The van der Waals surface area contributed by atoms with Crippen molar-refractivity contribution in [1.82, 2.24) is 14.4 Å². The molecule has 6 heteroatoms. The summed E-state index contributed by atoms with van der Waals surface area (Å²) in [5, 5.41) is 9.22. The second-order valence-corrected chi connectivity index (χ2v) is 4.30. The number of nitriles is 1. The highest BCUT2D eigenvalue weighted by Gasteiger charge is 2.13. The minimum atomic E-state index is 0.314. The van der Waals surface area contributed by atoms with Crippen LogP contribution in [0.1, 0.15) is 5.56 Å². The molecule has 19 heavy (non-hydrogen) atoms. The first-order chi connectivity index (χ1) is 9.20. The summed E-state index contributed by atoms with van der Waals surface area (Å²) in [7, 11) is 0. The lowest BCUT2D eigenvalue weighted by atomic mass is 10.1. The molecule has 2 aromatic heterocycles. The van der Waals surface area contributed by atoms with Crippen molar-refractivity contribution in [3.8, 4) is 17.3 Å². The van der Waals surface area contributed by atoms with Gasteiger partial charge in [0.15, 0.2) is 11.5 Å². The number of nitrogens with two attached hydrogens (primary N) is 1. The lowest BCUT2D eigenvalue weighted by Crippen LogP contribution is -2.00. The van der Waals surface area contributed by atoms with Gasteiger partial charge in [-0.1, -0.05) is 23.7 Å². The monoisotopic (exact) mass is 269 g/mol. The van der Waals surface area contributed by atoms with Crippen LogP contribution < -0.4 is 5.73 Å². The fourth-order valence-corrected chi connectivity index (χ4v) is 2.16. The Balaban J connectivity index is 2.24. The maximum absolute atomic E-state index is 8.79. The van der Waals surface area contributed by atoms with Crippen LogP contribution in [0.3, 0.4) is 0 Å². The highest BCUT2D eigenvalue weighted by Crippen LogP contribution is 2.28. The zero-order valence-corrected chi connectivity index (χ0v) is 10.5. The molecule has 0 spiro atoms. The molecule has 0 saturated carbocycles. The van der Waals surface area contributed by atoms with E-state index in [0.717, 1.165) is 5.56 Å². The van der Waals surface area contributed by atoms with Gasteiger partial charge >= 0.3 is 0 Å². The van der Waals surface area contributed by atoms with Crippen LogP contribution in [0.15, 0.2) is 36.7 Å². The molecule has 0 saturated heterocycles. The van der Waals surface area contributed by atoms with E-state index in [9.17, 15) is 0 Å². The number of nitrogens with zero attached hydrogens (tertiary/aromatic N) is 4. The van der Waals surface area contributed by atoms with Gasteiger partial charge in [0.05, 0.1) is 11.6 Å². The van der Waals surface area contributed by atoms with Gasteiger partial charge in [-0.2, -0.15) is 5.26 Å². The number of rotatable bonds is 1. The Hall–Kier alpha value is -2.58. The predicted octanol–water partition coefficient (Wildman–Crippen LogP) is 2.50. The molecule has 0 amide bonds. The molecule has 0 atom stereocenters. The Labute approximate surface area is 113 Å². The summed E-state index contributed by atoms with van der Waals surface area (Å²) in [6.07, 6.45) is 3.34. The molecule has 0 radical (unpaired) electrons. The number of imidazole rings is 1. The number of hydrogen-bond donors (Lipinski definition) is 1. The maximum Gasteiger partial charge on any atom is 0.181 e. The van der Waals surface area contributed by atoms with Crippen molar-refractivity contribution in [2.24, 2.45) is 0 Å². The minimum Gasteiger partial charge on any atom is -0.381 e. The molecule has 2 N–H and O–H groups in total. The summed E-state index contributed by atoms with van der Waals surface area (Å²) < 4.78 is 1.68. The number of hydrogen-bond acceptors (Lipinski definition) is 4.